The molecule has 1 saturated carbocycles. The minimum absolute atomic E-state index is 0.120. The maximum absolute atomic E-state index is 12.6. The fourth-order valence-corrected chi connectivity index (χ4v) is 3.95. The molecule has 25 heavy (non-hydrogen) atoms. The Kier molecular flexibility index (Phi) is 5.91. The second-order valence-corrected chi connectivity index (χ2v) is 6.99. The predicted molar refractivity (Wildman–Crippen MR) is 99.0 cm³/mol. The Morgan fingerprint density at radius 2 is 1.72 bits per heavy atom. The predicted octanol–water partition coefficient (Wildman–Crippen LogP) is 3.45. The van der Waals surface area contributed by atoms with Crippen LogP contribution in [-0.4, -0.2) is 62.3 Å². The first-order valence-electron chi connectivity index (χ1n) is 8.84. The van der Waals surface area contributed by atoms with Crippen LogP contribution in [0.4, 0.5) is 10.5 Å². The molecule has 138 valence electrons. The van der Waals surface area contributed by atoms with Gasteiger partial charge in [0, 0.05) is 38.3 Å². The van der Waals surface area contributed by atoms with Gasteiger partial charge >= 0.3 is 6.03 Å². The van der Waals surface area contributed by atoms with Crippen LogP contribution in [0, 0.1) is 0 Å². The van der Waals surface area contributed by atoms with Crippen molar-refractivity contribution in [2.75, 3.05) is 45.7 Å². The molecule has 0 unspecified atom stereocenters. The van der Waals surface area contributed by atoms with Gasteiger partial charge in [-0.2, -0.15) is 0 Å². The van der Waals surface area contributed by atoms with E-state index in [-0.39, 0.29) is 6.03 Å². The van der Waals surface area contributed by atoms with Gasteiger partial charge in [-0.1, -0.05) is 24.4 Å². The molecule has 0 radical (unpaired) electrons. The second kappa shape index (κ2) is 8.15. The van der Waals surface area contributed by atoms with Gasteiger partial charge in [0.15, 0.2) is 0 Å². The minimum Gasteiger partial charge on any atom is -0.495 e. The molecule has 6 nitrogen and oxygen atoms in total. The summed E-state index contributed by atoms with van der Waals surface area (Å²) in [5.74, 6) is 1.04. The van der Waals surface area contributed by atoms with Crippen molar-refractivity contribution in [3.8, 4) is 11.5 Å². The molecule has 0 aromatic heterocycles. The number of halogens is 1. The van der Waals surface area contributed by atoms with Crippen molar-refractivity contribution in [2.24, 2.45) is 0 Å². The third kappa shape index (κ3) is 4.12. The number of hydrogen-bond donors (Lipinski definition) is 1. The van der Waals surface area contributed by atoms with Crippen LogP contribution in [0.1, 0.15) is 25.7 Å². The molecule has 2 amide bonds. The summed E-state index contributed by atoms with van der Waals surface area (Å²) in [6.45, 7) is 3.38. The highest BCUT2D eigenvalue weighted by molar-refractivity contribution is 6.32. The number of ether oxygens (including phenoxy) is 2. The lowest BCUT2D eigenvalue weighted by molar-refractivity contribution is 0.115. The fourth-order valence-electron chi connectivity index (χ4n) is 3.71. The minimum atomic E-state index is -0.120. The molecule has 1 heterocycles. The zero-order chi connectivity index (χ0) is 17.8. The Morgan fingerprint density at radius 1 is 1.08 bits per heavy atom. The monoisotopic (exact) mass is 367 g/mol. The van der Waals surface area contributed by atoms with Crippen molar-refractivity contribution in [3.05, 3.63) is 17.2 Å². The number of amides is 2. The molecule has 1 aliphatic heterocycles. The number of nitrogens with zero attached hydrogens (tertiary/aromatic N) is 2. The Balaban J connectivity index is 1.60. The van der Waals surface area contributed by atoms with Crippen LogP contribution in [0.5, 0.6) is 11.5 Å². The average molecular weight is 368 g/mol. The Morgan fingerprint density at radius 3 is 2.32 bits per heavy atom. The number of urea groups is 1. The van der Waals surface area contributed by atoms with Crippen LogP contribution in [0.25, 0.3) is 0 Å². The van der Waals surface area contributed by atoms with E-state index in [1.54, 1.807) is 26.4 Å². The number of piperazine rings is 1. The van der Waals surface area contributed by atoms with Crippen LogP contribution in [0.15, 0.2) is 12.1 Å². The number of carbonyl (C=O) groups is 1. The average Bonchev–Trinajstić information content (AvgIpc) is 3.17. The first-order valence-corrected chi connectivity index (χ1v) is 9.21. The molecule has 2 fully saturated rings. The van der Waals surface area contributed by atoms with Crippen LogP contribution < -0.4 is 14.8 Å². The molecule has 7 heteroatoms. The maximum atomic E-state index is 12.6. The largest absolute Gasteiger partial charge is 0.495 e. The van der Waals surface area contributed by atoms with Crippen molar-refractivity contribution in [1.82, 2.24) is 9.80 Å². The number of benzene rings is 1. The van der Waals surface area contributed by atoms with Crippen molar-refractivity contribution >= 4 is 23.3 Å². The third-order valence-electron chi connectivity index (χ3n) is 5.16. The molecule has 0 bridgehead atoms. The lowest BCUT2D eigenvalue weighted by Crippen LogP contribution is -2.52. The van der Waals surface area contributed by atoms with Gasteiger partial charge in [0.25, 0.3) is 0 Å². The van der Waals surface area contributed by atoms with Gasteiger partial charge in [-0.3, -0.25) is 4.90 Å². The normalized spacial score (nSPS) is 19.1. The summed E-state index contributed by atoms with van der Waals surface area (Å²) >= 11 is 6.17. The van der Waals surface area contributed by atoms with Gasteiger partial charge in [-0.15, -0.1) is 0 Å². The lowest BCUT2D eigenvalue weighted by atomic mass is 10.2. The van der Waals surface area contributed by atoms with E-state index in [9.17, 15) is 4.79 Å². The van der Waals surface area contributed by atoms with Gasteiger partial charge in [-0.05, 0) is 18.9 Å². The molecule has 0 spiro atoms. The number of nitrogens with one attached hydrogen (secondary N) is 1. The summed E-state index contributed by atoms with van der Waals surface area (Å²) in [6.07, 6.45) is 5.27. The first-order chi connectivity index (χ1) is 12.1. The number of methoxy groups -OCH3 is 2. The molecular formula is C18H26ClN3O3. The number of rotatable bonds is 4. The quantitative estimate of drug-likeness (QED) is 0.885. The van der Waals surface area contributed by atoms with Crippen LogP contribution >= 0.6 is 11.6 Å². The van der Waals surface area contributed by atoms with Gasteiger partial charge in [0.05, 0.1) is 24.9 Å². The summed E-state index contributed by atoms with van der Waals surface area (Å²) in [4.78, 5) is 17.0. The molecule has 1 aliphatic carbocycles. The topological polar surface area (TPSA) is 54.0 Å². The number of carbonyl (C=O) groups excluding carboxylic acids is 1. The van der Waals surface area contributed by atoms with Crippen LogP contribution in [0.3, 0.4) is 0 Å². The van der Waals surface area contributed by atoms with E-state index in [0.29, 0.717) is 28.3 Å². The van der Waals surface area contributed by atoms with E-state index in [0.717, 1.165) is 26.2 Å². The summed E-state index contributed by atoms with van der Waals surface area (Å²) in [5.41, 5.74) is 0.552. The molecular weight excluding hydrogens is 342 g/mol. The molecule has 0 atom stereocenters. The van der Waals surface area contributed by atoms with Crippen molar-refractivity contribution in [1.29, 1.82) is 0 Å². The number of anilines is 1. The van der Waals surface area contributed by atoms with Gasteiger partial charge < -0.3 is 19.7 Å². The van der Waals surface area contributed by atoms with Crippen LogP contribution in [0.2, 0.25) is 5.02 Å². The first kappa shape index (κ1) is 18.1. The fraction of sp³-hybridized carbons (Fsp3) is 0.611. The Bertz CT molecular complexity index is 612. The van der Waals surface area contributed by atoms with E-state index in [1.807, 2.05) is 4.90 Å². The van der Waals surface area contributed by atoms with E-state index < -0.39 is 0 Å². The highest BCUT2D eigenvalue weighted by Gasteiger charge is 2.28. The SMILES string of the molecule is COc1cc(OC)c(NC(=O)N2CCN(C3CCCC3)CC2)cc1Cl. The zero-order valence-electron chi connectivity index (χ0n) is 14.9. The van der Waals surface area contributed by atoms with Gasteiger partial charge in [0.1, 0.15) is 11.5 Å². The Hall–Kier alpha value is -1.66. The van der Waals surface area contributed by atoms with E-state index in [2.05, 4.69) is 10.2 Å². The van der Waals surface area contributed by atoms with Crippen molar-refractivity contribution in [2.45, 2.75) is 31.7 Å². The summed E-state index contributed by atoms with van der Waals surface area (Å²) in [5, 5.41) is 3.35. The summed E-state index contributed by atoms with van der Waals surface area (Å²) < 4.78 is 10.5. The second-order valence-electron chi connectivity index (χ2n) is 6.58. The van der Waals surface area contributed by atoms with Gasteiger partial charge in [-0.25, -0.2) is 4.79 Å². The summed E-state index contributed by atoms with van der Waals surface area (Å²) in [7, 11) is 3.10. The van der Waals surface area contributed by atoms with Crippen molar-refractivity contribution < 1.29 is 14.3 Å². The lowest BCUT2D eigenvalue weighted by Gasteiger charge is -2.38. The highest BCUT2D eigenvalue weighted by Crippen LogP contribution is 2.36. The van der Waals surface area contributed by atoms with Crippen molar-refractivity contribution in [3.63, 3.8) is 0 Å². The molecule has 1 aromatic carbocycles. The van der Waals surface area contributed by atoms with E-state index in [4.69, 9.17) is 21.1 Å². The smallest absolute Gasteiger partial charge is 0.322 e. The molecule has 1 aromatic rings. The molecule has 1 N–H and O–H groups in total. The van der Waals surface area contributed by atoms with Crippen LogP contribution in [-0.2, 0) is 0 Å². The third-order valence-corrected chi connectivity index (χ3v) is 5.45. The Labute approximate surface area is 154 Å². The van der Waals surface area contributed by atoms with E-state index >= 15 is 0 Å². The zero-order valence-corrected chi connectivity index (χ0v) is 15.6. The number of hydrogen-bond acceptors (Lipinski definition) is 4. The molecule has 3 rings (SSSR count). The van der Waals surface area contributed by atoms with Gasteiger partial charge in [0.2, 0.25) is 0 Å². The van der Waals surface area contributed by atoms with E-state index in [1.165, 1.54) is 25.7 Å². The standard InChI is InChI=1S/C18H26ClN3O3/c1-24-16-12-17(25-2)15(11-14(16)19)20-18(23)22-9-7-21(8-10-22)13-5-3-4-6-13/h11-13H,3-10H2,1-2H3,(H,20,23). The molecule has 2 aliphatic rings. The molecule has 1 saturated heterocycles. The summed E-state index contributed by atoms with van der Waals surface area (Å²) in [6, 6.07) is 3.93. The maximum Gasteiger partial charge on any atom is 0.322 e. The highest BCUT2D eigenvalue weighted by atomic mass is 35.5.